The number of hydrogen-bond acceptors (Lipinski definition) is 3. The van der Waals surface area contributed by atoms with E-state index >= 15 is 0 Å². The molecule has 2 unspecified atom stereocenters. The number of nitrogens with one attached hydrogen (secondary N) is 1. The molecule has 2 atom stereocenters. The maximum absolute atomic E-state index is 13.2. The number of ether oxygens (including phenoxy) is 1. The summed E-state index contributed by atoms with van der Waals surface area (Å²) in [5, 5.41) is 2.95. The van der Waals surface area contributed by atoms with Gasteiger partial charge in [-0.1, -0.05) is 19.1 Å². The van der Waals surface area contributed by atoms with Crippen LogP contribution < -0.4 is 5.32 Å². The van der Waals surface area contributed by atoms with Crippen molar-refractivity contribution in [3.8, 4) is 0 Å². The second kappa shape index (κ2) is 7.94. The second-order valence-electron chi connectivity index (χ2n) is 6.11. The number of amides is 2. The first-order valence-corrected chi connectivity index (χ1v) is 7.84. The molecule has 126 valence electrons. The minimum Gasteiger partial charge on any atom is -0.453 e. The molecule has 0 bridgehead atoms. The molecule has 0 aromatic heterocycles. The zero-order chi connectivity index (χ0) is 16.8. The Morgan fingerprint density at radius 3 is 2.96 bits per heavy atom. The Morgan fingerprint density at radius 2 is 2.26 bits per heavy atom. The van der Waals surface area contributed by atoms with Gasteiger partial charge < -0.3 is 15.0 Å². The Bertz CT molecular complexity index is 565. The van der Waals surface area contributed by atoms with Crippen LogP contribution in [0.2, 0.25) is 0 Å². The SMILES string of the molecule is COC(=O)N1CCC(NC(=O)CC(C)Cc2cccc(F)c2)C1. The summed E-state index contributed by atoms with van der Waals surface area (Å²) in [4.78, 5) is 25.1. The molecule has 2 rings (SSSR count). The summed E-state index contributed by atoms with van der Waals surface area (Å²) in [5.41, 5.74) is 0.892. The first kappa shape index (κ1) is 17.2. The van der Waals surface area contributed by atoms with Crippen molar-refractivity contribution < 1.29 is 18.7 Å². The van der Waals surface area contributed by atoms with Gasteiger partial charge in [-0.3, -0.25) is 4.79 Å². The Hall–Kier alpha value is -2.11. The zero-order valence-electron chi connectivity index (χ0n) is 13.5. The van der Waals surface area contributed by atoms with Gasteiger partial charge in [0.25, 0.3) is 0 Å². The van der Waals surface area contributed by atoms with Gasteiger partial charge in [-0.05, 0) is 36.5 Å². The number of carbonyl (C=O) groups is 2. The van der Waals surface area contributed by atoms with Crippen LogP contribution in [0, 0.1) is 11.7 Å². The molecule has 23 heavy (non-hydrogen) atoms. The van der Waals surface area contributed by atoms with E-state index in [-0.39, 0.29) is 29.8 Å². The fourth-order valence-corrected chi connectivity index (χ4v) is 2.91. The molecule has 0 radical (unpaired) electrons. The molecule has 1 aromatic rings. The highest BCUT2D eigenvalue weighted by Crippen LogP contribution is 2.15. The highest BCUT2D eigenvalue weighted by Gasteiger charge is 2.27. The molecule has 1 heterocycles. The van der Waals surface area contributed by atoms with Gasteiger partial charge in [-0.25, -0.2) is 9.18 Å². The van der Waals surface area contributed by atoms with E-state index in [2.05, 4.69) is 10.1 Å². The van der Waals surface area contributed by atoms with Crippen LogP contribution >= 0.6 is 0 Å². The van der Waals surface area contributed by atoms with Crippen molar-refractivity contribution in [2.24, 2.45) is 5.92 Å². The maximum Gasteiger partial charge on any atom is 0.409 e. The van der Waals surface area contributed by atoms with E-state index in [0.29, 0.717) is 25.9 Å². The lowest BCUT2D eigenvalue weighted by Gasteiger charge is -2.17. The van der Waals surface area contributed by atoms with Crippen molar-refractivity contribution in [3.63, 3.8) is 0 Å². The Labute approximate surface area is 135 Å². The Morgan fingerprint density at radius 1 is 1.48 bits per heavy atom. The van der Waals surface area contributed by atoms with Crippen LogP contribution in [0.1, 0.15) is 25.3 Å². The van der Waals surface area contributed by atoms with Gasteiger partial charge in [0, 0.05) is 25.6 Å². The fraction of sp³-hybridized carbons (Fsp3) is 0.529. The predicted octanol–water partition coefficient (Wildman–Crippen LogP) is 2.35. The molecule has 5 nitrogen and oxygen atoms in total. The number of hydrogen-bond donors (Lipinski definition) is 1. The van der Waals surface area contributed by atoms with E-state index in [1.54, 1.807) is 11.0 Å². The molecule has 0 aliphatic carbocycles. The van der Waals surface area contributed by atoms with Crippen molar-refractivity contribution in [2.75, 3.05) is 20.2 Å². The van der Waals surface area contributed by atoms with E-state index in [1.807, 2.05) is 13.0 Å². The van der Waals surface area contributed by atoms with E-state index in [9.17, 15) is 14.0 Å². The van der Waals surface area contributed by atoms with Crippen LogP contribution in [0.5, 0.6) is 0 Å². The van der Waals surface area contributed by atoms with Crippen LogP contribution in [-0.4, -0.2) is 43.1 Å². The number of benzene rings is 1. The normalized spacial score (nSPS) is 18.6. The minimum atomic E-state index is -0.360. The summed E-state index contributed by atoms with van der Waals surface area (Å²) in [6.07, 6.45) is 1.41. The quantitative estimate of drug-likeness (QED) is 0.905. The average Bonchev–Trinajstić information content (AvgIpc) is 2.94. The number of nitrogens with zero attached hydrogens (tertiary/aromatic N) is 1. The fourth-order valence-electron chi connectivity index (χ4n) is 2.91. The average molecular weight is 322 g/mol. The Kier molecular flexibility index (Phi) is 5.96. The van der Waals surface area contributed by atoms with Crippen molar-refractivity contribution in [1.82, 2.24) is 10.2 Å². The third-order valence-corrected chi connectivity index (χ3v) is 3.99. The highest BCUT2D eigenvalue weighted by molar-refractivity contribution is 5.76. The lowest BCUT2D eigenvalue weighted by Crippen LogP contribution is -2.39. The summed E-state index contributed by atoms with van der Waals surface area (Å²) >= 11 is 0. The van der Waals surface area contributed by atoms with E-state index in [4.69, 9.17) is 0 Å². The molecule has 2 amide bonds. The zero-order valence-corrected chi connectivity index (χ0v) is 13.5. The molecule has 1 aliphatic heterocycles. The first-order valence-electron chi connectivity index (χ1n) is 7.84. The topological polar surface area (TPSA) is 58.6 Å². The molecule has 0 saturated carbocycles. The van der Waals surface area contributed by atoms with Crippen LogP contribution in [0.4, 0.5) is 9.18 Å². The number of rotatable bonds is 5. The molecule has 1 saturated heterocycles. The number of carbonyl (C=O) groups excluding carboxylic acids is 2. The summed E-state index contributed by atoms with van der Waals surface area (Å²) in [6.45, 7) is 3.05. The third kappa shape index (κ3) is 5.23. The first-order chi connectivity index (χ1) is 11.0. The van der Waals surface area contributed by atoms with Gasteiger partial charge in [0.15, 0.2) is 0 Å². The van der Waals surface area contributed by atoms with Crippen molar-refractivity contribution in [3.05, 3.63) is 35.6 Å². The lowest BCUT2D eigenvalue weighted by molar-refractivity contribution is -0.122. The third-order valence-electron chi connectivity index (χ3n) is 3.99. The van der Waals surface area contributed by atoms with Gasteiger partial charge in [0.2, 0.25) is 5.91 Å². The van der Waals surface area contributed by atoms with Crippen molar-refractivity contribution >= 4 is 12.0 Å². The lowest BCUT2D eigenvalue weighted by atomic mass is 9.97. The van der Waals surface area contributed by atoms with Gasteiger partial charge in [-0.15, -0.1) is 0 Å². The maximum atomic E-state index is 13.2. The van der Waals surface area contributed by atoms with E-state index in [1.165, 1.54) is 19.2 Å². The van der Waals surface area contributed by atoms with Crippen LogP contribution in [-0.2, 0) is 16.0 Å². The Balaban J connectivity index is 1.75. The summed E-state index contributed by atoms with van der Waals surface area (Å²) in [6, 6.07) is 6.43. The highest BCUT2D eigenvalue weighted by atomic mass is 19.1. The molecule has 1 aliphatic rings. The molecule has 1 aromatic carbocycles. The predicted molar refractivity (Wildman–Crippen MR) is 84.4 cm³/mol. The minimum absolute atomic E-state index is 0.0250. The summed E-state index contributed by atoms with van der Waals surface area (Å²) in [5.74, 6) is -0.173. The molecule has 1 fully saturated rings. The van der Waals surface area contributed by atoms with Gasteiger partial charge in [-0.2, -0.15) is 0 Å². The van der Waals surface area contributed by atoms with Crippen molar-refractivity contribution in [1.29, 1.82) is 0 Å². The van der Waals surface area contributed by atoms with Crippen LogP contribution in [0.15, 0.2) is 24.3 Å². The van der Waals surface area contributed by atoms with Gasteiger partial charge >= 0.3 is 6.09 Å². The number of methoxy groups -OCH3 is 1. The number of halogens is 1. The van der Waals surface area contributed by atoms with Crippen LogP contribution in [0.3, 0.4) is 0 Å². The van der Waals surface area contributed by atoms with Gasteiger partial charge in [0.1, 0.15) is 5.82 Å². The standard InChI is InChI=1S/C17H23FN2O3/c1-12(8-13-4-3-5-14(18)10-13)9-16(21)19-15-6-7-20(11-15)17(22)23-2/h3-5,10,12,15H,6-9,11H2,1-2H3,(H,19,21). The largest absolute Gasteiger partial charge is 0.453 e. The monoisotopic (exact) mass is 322 g/mol. The van der Waals surface area contributed by atoms with E-state index < -0.39 is 0 Å². The van der Waals surface area contributed by atoms with Crippen molar-refractivity contribution in [2.45, 2.75) is 32.2 Å². The number of likely N-dealkylation sites (tertiary alicyclic amines) is 1. The second-order valence-corrected chi connectivity index (χ2v) is 6.11. The smallest absolute Gasteiger partial charge is 0.409 e. The molecular formula is C17H23FN2O3. The molecule has 6 heteroatoms. The van der Waals surface area contributed by atoms with E-state index in [0.717, 1.165) is 12.0 Å². The summed E-state index contributed by atoms with van der Waals surface area (Å²) < 4.78 is 17.8. The molecule has 0 spiro atoms. The summed E-state index contributed by atoms with van der Waals surface area (Å²) in [7, 11) is 1.35. The molecule has 1 N–H and O–H groups in total. The van der Waals surface area contributed by atoms with Crippen LogP contribution in [0.25, 0.3) is 0 Å². The van der Waals surface area contributed by atoms with Gasteiger partial charge in [0.05, 0.1) is 7.11 Å². The molecular weight excluding hydrogens is 299 g/mol.